The number of rotatable bonds is 7. The first-order valence-electron chi connectivity index (χ1n) is 5.54. The summed E-state index contributed by atoms with van der Waals surface area (Å²) in [4.78, 5) is 12.6. The molecule has 0 fully saturated rings. The van der Waals surface area contributed by atoms with Gasteiger partial charge in [0.1, 0.15) is 0 Å². The Bertz CT molecular complexity index is 295. The quantitative estimate of drug-likeness (QED) is 0.544. The Kier molecular flexibility index (Phi) is 6.11. The molecule has 0 saturated carbocycles. The van der Waals surface area contributed by atoms with E-state index >= 15 is 0 Å². The SMILES string of the molecule is CCOC(=O)C(C)OCCCc1cccs1. The van der Waals surface area contributed by atoms with Gasteiger partial charge in [-0.1, -0.05) is 6.07 Å². The first kappa shape index (κ1) is 13.2. The van der Waals surface area contributed by atoms with E-state index in [2.05, 4.69) is 11.4 Å². The number of carbonyl (C=O) groups is 1. The highest BCUT2D eigenvalue weighted by molar-refractivity contribution is 7.09. The Morgan fingerprint density at radius 3 is 3.00 bits per heavy atom. The van der Waals surface area contributed by atoms with Gasteiger partial charge in [0.25, 0.3) is 0 Å². The minimum Gasteiger partial charge on any atom is -0.464 e. The smallest absolute Gasteiger partial charge is 0.334 e. The molecule has 0 spiro atoms. The second-order valence-electron chi connectivity index (χ2n) is 3.45. The van der Waals surface area contributed by atoms with E-state index in [0.29, 0.717) is 13.2 Å². The number of hydrogen-bond donors (Lipinski definition) is 0. The molecule has 3 nitrogen and oxygen atoms in total. The Labute approximate surface area is 100 Å². The summed E-state index contributed by atoms with van der Waals surface area (Å²) in [5.41, 5.74) is 0. The van der Waals surface area contributed by atoms with Crippen molar-refractivity contribution in [2.75, 3.05) is 13.2 Å². The van der Waals surface area contributed by atoms with E-state index in [4.69, 9.17) is 9.47 Å². The molecule has 0 aliphatic rings. The van der Waals surface area contributed by atoms with Gasteiger partial charge in [-0.25, -0.2) is 4.79 Å². The molecule has 1 atom stereocenters. The molecule has 4 heteroatoms. The molecule has 90 valence electrons. The molecule has 0 radical (unpaired) electrons. The van der Waals surface area contributed by atoms with Crippen LogP contribution >= 0.6 is 11.3 Å². The normalized spacial score (nSPS) is 12.4. The fourth-order valence-electron chi connectivity index (χ4n) is 1.29. The molecule has 1 aromatic heterocycles. The van der Waals surface area contributed by atoms with Crippen LogP contribution in [0.5, 0.6) is 0 Å². The van der Waals surface area contributed by atoms with Crippen molar-refractivity contribution in [2.24, 2.45) is 0 Å². The van der Waals surface area contributed by atoms with Crippen LogP contribution in [0.3, 0.4) is 0 Å². The number of esters is 1. The second-order valence-corrected chi connectivity index (χ2v) is 4.48. The van der Waals surface area contributed by atoms with Gasteiger partial charge in [0, 0.05) is 11.5 Å². The van der Waals surface area contributed by atoms with Crippen LogP contribution in [-0.2, 0) is 20.7 Å². The summed E-state index contributed by atoms with van der Waals surface area (Å²) in [6.45, 7) is 4.52. The zero-order valence-corrected chi connectivity index (χ0v) is 10.6. The van der Waals surface area contributed by atoms with Gasteiger partial charge in [-0.05, 0) is 38.1 Å². The van der Waals surface area contributed by atoms with E-state index in [1.54, 1.807) is 25.2 Å². The highest BCUT2D eigenvalue weighted by Gasteiger charge is 2.13. The molecule has 0 aliphatic carbocycles. The first-order valence-corrected chi connectivity index (χ1v) is 6.42. The lowest BCUT2D eigenvalue weighted by Gasteiger charge is -2.11. The van der Waals surface area contributed by atoms with E-state index in [1.807, 2.05) is 6.07 Å². The minimum absolute atomic E-state index is 0.279. The second kappa shape index (κ2) is 7.41. The molecular weight excluding hydrogens is 224 g/mol. The van der Waals surface area contributed by atoms with Crippen molar-refractivity contribution in [3.05, 3.63) is 22.4 Å². The minimum atomic E-state index is -0.455. The van der Waals surface area contributed by atoms with Crippen molar-refractivity contribution in [1.82, 2.24) is 0 Å². The molecule has 0 N–H and O–H groups in total. The topological polar surface area (TPSA) is 35.5 Å². The average Bonchev–Trinajstić information content (AvgIpc) is 2.77. The van der Waals surface area contributed by atoms with Crippen molar-refractivity contribution < 1.29 is 14.3 Å². The molecule has 16 heavy (non-hydrogen) atoms. The third kappa shape index (κ3) is 4.77. The van der Waals surface area contributed by atoms with Crippen molar-refractivity contribution in [1.29, 1.82) is 0 Å². The maximum atomic E-state index is 11.2. The van der Waals surface area contributed by atoms with Crippen molar-refractivity contribution >= 4 is 17.3 Å². The number of hydrogen-bond acceptors (Lipinski definition) is 4. The third-order valence-electron chi connectivity index (χ3n) is 2.13. The Hall–Kier alpha value is -0.870. The van der Waals surface area contributed by atoms with Crippen molar-refractivity contribution in [2.45, 2.75) is 32.8 Å². The summed E-state index contributed by atoms with van der Waals surface area (Å²) in [5, 5.41) is 2.07. The average molecular weight is 242 g/mol. The number of ether oxygens (including phenoxy) is 2. The maximum absolute atomic E-state index is 11.2. The lowest BCUT2D eigenvalue weighted by molar-refractivity contribution is -0.155. The van der Waals surface area contributed by atoms with Crippen LogP contribution in [0.2, 0.25) is 0 Å². The lowest BCUT2D eigenvalue weighted by Crippen LogP contribution is -2.23. The van der Waals surface area contributed by atoms with Gasteiger partial charge < -0.3 is 9.47 Å². The molecule has 1 unspecified atom stereocenters. The van der Waals surface area contributed by atoms with E-state index in [1.165, 1.54) is 4.88 Å². The summed E-state index contributed by atoms with van der Waals surface area (Å²) >= 11 is 1.75. The summed E-state index contributed by atoms with van der Waals surface area (Å²) in [5.74, 6) is -0.279. The van der Waals surface area contributed by atoms with Crippen LogP contribution in [0.1, 0.15) is 25.1 Å². The molecule has 0 aliphatic heterocycles. The van der Waals surface area contributed by atoms with E-state index in [-0.39, 0.29) is 5.97 Å². The molecular formula is C12H18O3S. The van der Waals surface area contributed by atoms with Gasteiger partial charge in [0.05, 0.1) is 6.61 Å². The van der Waals surface area contributed by atoms with Gasteiger partial charge in [0.2, 0.25) is 0 Å². The number of aryl methyl sites for hydroxylation is 1. The molecule has 0 saturated heterocycles. The van der Waals surface area contributed by atoms with Crippen molar-refractivity contribution in [3.8, 4) is 0 Å². The fourth-order valence-corrected chi connectivity index (χ4v) is 2.04. The maximum Gasteiger partial charge on any atom is 0.334 e. The summed E-state index contributed by atoms with van der Waals surface area (Å²) in [7, 11) is 0. The first-order chi connectivity index (χ1) is 7.74. The fraction of sp³-hybridized carbons (Fsp3) is 0.583. The van der Waals surface area contributed by atoms with Crippen LogP contribution in [0, 0.1) is 0 Å². The van der Waals surface area contributed by atoms with Gasteiger partial charge in [-0.2, -0.15) is 0 Å². The standard InChI is InChI=1S/C12H18O3S/c1-3-14-12(13)10(2)15-8-4-6-11-7-5-9-16-11/h5,7,9-10H,3-4,6,8H2,1-2H3. The number of thiophene rings is 1. The zero-order chi connectivity index (χ0) is 11.8. The summed E-state index contributed by atoms with van der Waals surface area (Å²) in [6, 6.07) is 4.15. The van der Waals surface area contributed by atoms with Crippen LogP contribution in [-0.4, -0.2) is 25.3 Å². The Morgan fingerprint density at radius 2 is 2.38 bits per heavy atom. The monoisotopic (exact) mass is 242 g/mol. The Balaban J connectivity index is 2.08. The largest absolute Gasteiger partial charge is 0.464 e. The Morgan fingerprint density at radius 1 is 1.56 bits per heavy atom. The highest BCUT2D eigenvalue weighted by Crippen LogP contribution is 2.11. The van der Waals surface area contributed by atoms with Crippen LogP contribution in [0.15, 0.2) is 17.5 Å². The predicted octanol–water partition coefficient (Wildman–Crippen LogP) is 2.65. The number of carbonyl (C=O) groups excluding carboxylic acids is 1. The van der Waals surface area contributed by atoms with Crippen LogP contribution in [0.4, 0.5) is 0 Å². The van der Waals surface area contributed by atoms with E-state index in [0.717, 1.165) is 12.8 Å². The van der Waals surface area contributed by atoms with Gasteiger partial charge in [-0.15, -0.1) is 11.3 Å². The third-order valence-corrected chi connectivity index (χ3v) is 3.07. The zero-order valence-electron chi connectivity index (χ0n) is 9.77. The van der Waals surface area contributed by atoms with Gasteiger partial charge in [-0.3, -0.25) is 0 Å². The molecule has 0 bridgehead atoms. The molecule has 0 amide bonds. The summed E-state index contributed by atoms with van der Waals surface area (Å²) < 4.78 is 10.2. The summed E-state index contributed by atoms with van der Waals surface area (Å²) in [6.07, 6.45) is 1.49. The lowest BCUT2D eigenvalue weighted by atomic mass is 10.3. The van der Waals surface area contributed by atoms with Crippen molar-refractivity contribution in [3.63, 3.8) is 0 Å². The van der Waals surface area contributed by atoms with Crippen LogP contribution in [0.25, 0.3) is 0 Å². The van der Waals surface area contributed by atoms with Gasteiger partial charge >= 0.3 is 5.97 Å². The van der Waals surface area contributed by atoms with Crippen LogP contribution < -0.4 is 0 Å². The molecule has 1 rings (SSSR count). The molecule has 1 aromatic rings. The predicted molar refractivity (Wildman–Crippen MR) is 64.7 cm³/mol. The van der Waals surface area contributed by atoms with E-state index in [9.17, 15) is 4.79 Å². The highest BCUT2D eigenvalue weighted by atomic mass is 32.1. The van der Waals surface area contributed by atoms with E-state index < -0.39 is 6.10 Å². The van der Waals surface area contributed by atoms with Gasteiger partial charge in [0.15, 0.2) is 6.10 Å². The molecule has 0 aromatic carbocycles. The molecule has 1 heterocycles.